The number of hydrogen-bond donors (Lipinski definition) is 0. The smallest absolute Gasteiger partial charge is 0.340 e. The molecule has 5 rings (SSSR count). The van der Waals surface area contributed by atoms with Crippen LogP contribution in [0.1, 0.15) is 27.0 Å². The van der Waals surface area contributed by atoms with Crippen LogP contribution >= 0.6 is 15.9 Å². The summed E-state index contributed by atoms with van der Waals surface area (Å²) in [6.45, 7) is 0. The van der Waals surface area contributed by atoms with Crippen LogP contribution in [0.3, 0.4) is 0 Å². The van der Waals surface area contributed by atoms with Gasteiger partial charge in [0.15, 0.2) is 5.60 Å². The molecule has 0 saturated heterocycles. The number of benzene rings is 3. The third kappa shape index (κ3) is 1.64. The Morgan fingerprint density at radius 1 is 0.792 bits per heavy atom. The Kier molecular flexibility index (Phi) is 2.71. The normalized spacial score (nSPS) is 20.0. The fraction of sp³-hybridized carbons (Fsp3) is 0.0500. The quantitative estimate of drug-likeness (QED) is 0.515. The van der Waals surface area contributed by atoms with Crippen molar-refractivity contribution < 1.29 is 14.3 Å². The minimum absolute atomic E-state index is 0.312. The molecule has 3 aromatic rings. The minimum atomic E-state index is -0.971. The van der Waals surface area contributed by atoms with E-state index < -0.39 is 5.60 Å². The molecule has 0 aliphatic carbocycles. The van der Waals surface area contributed by atoms with E-state index in [0.29, 0.717) is 17.1 Å². The van der Waals surface area contributed by atoms with E-state index >= 15 is 0 Å². The summed E-state index contributed by atoms with van der Waals surface area (Å²) in [6, 6.07) is 21.0. The number of ether oxygens (including phenoxy) is 2. The van der Waals surface area contributed by atoms with Crippen LogP contribution in [0.25, 0.3) is 0 Å². The van der Waals surface area contributed by atoms with Gasteiger partial charge < -0.3 is 9.47 Å². The largest absolute Gasteiger partial charge is 0.456 e. The van der Waals surface area contributed by atoms with Crippen molar-refractivity contribution in [3.63, 3.8) is 0 Å². The number of fused-ring (bicyclic) bond motifs is 6. The van der Waals surface area contributed by atoms with E-state index in [9.17, 15) is 4.79 Å². The molecule has 0 aromatic heterocycles. The lowest BCUT2D eigenvalue weighted by atomic mass is 9.78. The van der Waals surface area contributed by atoms with Gasteiger partial charge in [-0.3, -0.25) is 0 Å². The summed E-state index contributed by atoms with van der Waals surface area (Å²) in [5, 5.41) is 0. The Hall–Kier alpha value is -2.59. The van der Waals surface area contributed by atoms with Crippen molar-refractivity contribution in [2.75, 3.05) is 0 Å². The standard InChI is InChI=1S/C20H11BrO3/c21-12-9-10-18-16(11-12)20(15-7-3-4-8-17(15)23-18)14-6-2-1-5-13(14)19(22)24-20/h1-11H. The number of rotatable bonds is 0. The second-order valence-corrected chi connectivity index (χ2v) is 6.77. The third-order valence-electron chi connectivity index (χ3n) is 4.58. The Morgan fingerprint density at radius 2 is 1.50 bits per heavy atom. The van der Waals surface area contributed by atoms with Crippen LogP contribution in [-0.4, -0.2) is 5.97 Å². The summed E-state index contributed by atoms with van der Waals surface area (Å²) in [7, 11) is 0. The highest BCUT2D eigenvalue weighted by molar-refractivity contribution is 9.10. The molecule has 0 fully saturated rings. The van der Waals surface area contributed by atoms with Crippen LogP contribution in [0.5, 0.6) is 11.5 Å². The summed E-state index contributed by atoms with van der Waals surface area (Å²) < 4.78 is 13.0. The molecular weight excluding hydrogens is 368 g/mol. The van der Waals surface area contributed by atoms with Gasteiger partial charge in [0.05, 0.1) is 5.56 Å². The molecule has 3 aromatic carbocycles. The van der Waals surface area contributed by atoms with E-state index in [-0.39, 0.29) is 5.97 Å². The highest BCUT2D eigenvalue weighted by Crippen LogP contribution is 2.56. The van der Waals surface area contributed by atoms with Crippen molar-refractivity contribution in [3.05, 3.63) is 93.5 Å². The molecule has 3 nitrogen and oxygen atoms in total. The molecule has 2 aliphatic heterocycles. The van der Waals surface area contributed by atoms with E-state index in [1.54, 1.807) is 0 Å². The Labute approximate surface area is 147 Å². The topological polar surface area (TPSA) is 35.5 Å². The van der Waals surface area contributed by atoms with Gasteiger partial charge in [-0.15, -0.1) is 0 Å². The van der Waals surface area contributed by atoms with Gasteiger partial charge in [0, 0.05) is 21.2 Å². The monoisotopic (exact) mass is 378 g/mol. The van der Waals surface area contributed by atoms with Gasteiger partial charge in [-0.25, -0.2) is 4.79 Å². The van der Waals surface area contributed by atoms with Gasteiger partial charge in [-0.1, -0.05) is 52.3 Å². The maximum atomic E-state index is 12.6. The molecule has 0 amide bonds. The van der Waals surface area contributed by atoms with Crippen LogP contribution in [-0.2, 0) is 10.3 Å². The maximum absolute atomic E-state index is 12.6. The lowest BCUT2D eigenvalue weighted by Gasteiger charge is -2.36. The Bertz CT molecular complexity index is 1010. The van der Waals surface area contributed by atoms with E-state index in [1.807, 2.05) is 66.7 Å². The predicted octanol–water partition coefficient (Wildman–Crippen LogP) is 5.02. The zero-order valence-electron chi connectivity index (χ0n) is 12.5. The van der Waals surface area contributed by atoms with Gasteiger partial charge in [-0.2, -0.15) is 0 Å². The number of para-hydroxylation sites is 1. The molecule has 1 atom stereocenters. The molecule has 1 spiro atoms. The molecule has 0 bridgehead atoms. The summed E-state index contributed by atoms with van der Waals surface area (Å²) in [4.78, 5) is 12.6. The molecule has 116 valence electrons. The molecule has 2 aliphatic rings. The van der Waals surface area contributed by atoms with Crippen molar-refractivity contribution >= 4 is 21.9 Å². The fourth-order valence-electron chi connectivity index (χ4n) is 3.59. The summed E-state index contributed by atoms with van der Waals surface area (Å²) in [5.74, 6) is 1.09. The average Bonchev–Trinajstić information content (AvgIpc) is 2.90. The average molecular weight is 379 g/mol. The van der Waals surface area contributed by atoms with Crippen molar-refractivity contribution in [3.8, 4) is 11.5 Å². The first kappa shape index (κ1) is 13.8. The number of halogens is 1. The predicted molar refractivity (Wildman–Crippen MR) is 92.4 cm³/mol. The first-order valence-electron chi connectivity index (χ1n) is 7.60. The molecule has 4 heteroatoms. The van der Waals surface area contributed by atoms with E-state index in [1.165, 1.54) is 0 Å². The van der Waals surface area contributed by atoms with Crippen LogP contribution in [0.15, 0.2) is 71.2 Å². The van der Waals surface area contributed by atoms with Crippen LogP contribution in [0.4, 0.5) is 0 Å². The number of esters is 1. The first-order valence-corrected chi connectivity index (χ1v) is 8.40. The van der Waals surface area contributed by atoms with Crippen LogP contribution in [0, 0.1) is 0 Å². The Balaban J connectivity index is 1.93. The zero-order chi connectivity index (χ0) is 16.3. The summed E-state index contributed by atoms with van der Waals surface area (Å²) in [5.41, 5.74) is 2.15. The molecule has 1 unspecified atom stereocenters. The van der Waals surface area contributed by atoms with Gasteiger partial charge in [0.1, 0.15) is 11.5 Å². The lowest BCUT2D eigenvalue weighted by Crippen LogP contribution is -2.32. The Morgan fingerprint density at radius 3 is 2.38 bits per heavy atom. The summed E-state index contributed by atoms with van der Waals surface area (Å²) in [6.07, 6.45) is 0. The van der Waals surface area contributed by atoms with Crippen molar-refractivity contribution in [2.45, 2.75) is 5.60 Å². The molecule has 2 heterocycles. The third-order valence-corrected chi connectivity index (χ3v) is 5.07. The molecule has 24 heavy (non-hydrogen) atoms. The van der Waals surface area contributed by atoms with Crippen LogP contribution < -0.4 is 4.74 Å². The van der Waals surface area contributed by atoms with E-state index in [0.717, 1.165) is 21.2 Å². The SMILES string of the molecule is O=C1OC2(c3ccccc3Oc3ccc(Br)cc32)c2ccccc21. The number of hydrogen-bond acceptors (Lipinski definition) is 3. The lowest BCUT2D eigenvalue weighted by molar-refractivity contribution is 0.0224. The minimum Gasteiger partial charge on any atom is -0.456 e. The summed E-state index contributed by atoms with van der Waals surface area (Å²) >= 11 is 3.52. The number of carbonyl (C=O) groups is 1. The molecular formula is C20H11BrO3. The van der Waals surface area contributed by atoms with E-state index in [2.05, 4.69) is 15.9 Å². The maximum Gasteiger partial charge on any atom is 0.340 e. The van der Waals surface area contributed by atoms with Crippen molar-refractivity contribution in [2.24, 2.45) is 0 Å². The highest BCUT2D eigenvalue weighted by Gasteiger charge is 2.53. The number of carbonyl (C=O) groups excluding carboxylic acids is 1. The van der Waals surface area contributed by atoms with Gasteiger partial charge in [0.2, 0.25) is 0 Å². The molecule has 0 radical (unpaired) electrons. The second-order valence-electron chi connectivity index (χ2n) is 5.85. The molecule has 0 saturated carbocycles. The fourth-order valence-corrected chi connectivity index (χ4v) is 3.95. The van der Waals surface area contributed by atoms with Crippen LogP contribution in [0.2, 0.25) is 0 Å². The highest BCUT2D eigenvalue weighted by atomic mass is 79.9. The zero-order valence-corrected chi connectivity index (χ0v) is 14.0. The van der Waals surface area contributed by atoms with Gasteiger partial charge >= 0.3 is 5.97 Å². The molecule has 0 N–H and O–H groups in total. The van der Waals surface area contributed by atoms with Gasteiger partial charge in [0.25, 0.3) is 0 Å². The van der Waals surface area contributed by atoms with E-state index in [4.69, 9.17) is 9.47 Å². The first-order chi connectivity index (χ1) is 11.7. The second kappa shape index (κ2) is 4.71. The van der Waals surface area contributed by atoms with Crippen molar-refractivity contribution in [1.82, 2.24) is 0 Å². The van der Waals surface area contributed by atoms with Crippen molar-refractivity contribution in [1.29, 1.82) is 0 Å². The van der Waals surface area contributed by atoms with Gasteiger partial charge in [-0.05, 0) is 30.3 Å².